The number of hydrogen-bond acceptors (Lipinski definition) is 7. The molecule has 10 heteroatoms. The van der Waals surface area contributed by atoms with Gasteiger partial charge in [0.1, 0.15) is 18.9 Å². The number of anilines is 1. The molecule has 154 valence electrons. The number of esters is 1. The van der Waals surface area contributed by atoms with E-state index >= 15 is 0 Å². The van der Waals surface area contributed by atoms with E-state index in [0.717, 1.165) is 10.4 Å². The molecule has 0 bridgehead atoms. The van der Waals surface area contributed by atoms with E-state index in [1.54, 1.807) is 25.1 Å². The van der Waals surface area contributed by atoms with Crippen molar-refractivity contribution in [3.05, 3.63) is 71.3 Å². The standard InChI is InChI=1S/C19H20N2O7S/c1-3-12-28-17-10-8-15(9-11-17)20(14-19(22)27-4-2)29(25,26)18-7-5-6-16(13-18)21(23)24/h3,5-11,13H,1,4,12,14H2,2H3. The molecule has 2 aromatic rings. The molecule has 9 nitrogen and oxygen atoms in total. The molecule has 0 saturated carbocycles. The maximum Gasteiger partial charge on any atom is 0.326 e. The minimum absolute atomic E-state index is 0.0812. The molecular formula is C19H20N2O7S. The number of rotatable bonds is 10. The normalized spacial score (nSPS) is 10.8. The first-order valence-corrected chi connectivity index (χ1v) is 10.00. The molecule has 0 aliphatic carbocycles. The van der Waals surface area contributed by atoms with Gasteiger partial charge in [0.2, 0.25) is 0 Å². The molecule has 2 rings (SSSR count). The van der Waals surface area contributed by atoms with Crippen LogP contribution in [-0.4, -0.2) is 39.1 Å². The summed E-state index contributed by atoms with van der Waals surface area (Å²) in [7, 11) is -4.28. The van der Waals surface area contributed by atoms with Gasteiger partial charge in [-0.3, -0.25) is 19.2 Å². The molecule has 29 heavy (non-hydrogen) atoms. The molecule has 0 radical (unpaired) electrons. The van der Waals surface area contributed by atoms with E-state index in [4.69, 9.17) is 9.47 Å². The van der Waals surface area contributed by atoms with Crippen LogP contribution in [-0.2, 0) is 19.6 Å². The van der Waals surface area contributed by atoms with Gasteiger partial charge in [-0.15, -0.1) is 0 Å². The van der Waals surface area contributed by atoms with Crippen LogP contribution in [0.3, 0.4) is 0 Å². The first-order valence-electron chi connectivity index (χ1n) is 8.56. The van der Waals surface area contributed by atoms with Crippen LogP contribution in [0.5, 0.6) is 5.75 Å². The third-order valence-corrected chi connectivity index (χ3v) is 5.46. The molecule has 0 aliphatic heterocycles. The first kappa shape index (κ1) is 21.9. The second-order valence-electron chi connectivity index (χ2n) is 5.66. The van der Waals surface area contributed by atoms with Crippen molar-refractivity contribution in [3.8, 4) is 5.75 Å². The SMILES string of the molecule is C=CCOc1ccc(N(CC(=O)OCC)S(=O)(=O)c2cccc([N+](=O)[O-])c2)cc1. The smallest absolute Gasteiger partial charge is 0.326 e. The van der Waals surface area contributed by atoms with Crippen molar-refractivity contribution in [1.82, 2.24) is 0 Å². The van der Waals surface area contributed by atoms with Crippen molar-refractivity contribution >= 4 is 27.4 Å². The zero-order valence-electron chi connectivity index (χ0n) is 15.7. The summed E-state index contributed by atoms with van der Waals surface area (Å²) in [5, 5.41) is 11.0. The summed E-state index contributed by atoms with van der Waals surface area (Å²) in [6.07, 6.45) is 1.56. The van der Waals surface area contributed by atoms with Gasteiger partial charge in [-0.25, -0.2) is 8.42 Å². The van der Waals surface area contributed by atoms with Gasteiger partial charge in [-0.2, -0.15) is 0 Å². The molecule has 0 N–H and O–H groups in total. The van der Waals surface area contributed by atoms with Crippen molar-refractivity contribution in [3.63, 3.8) is 0 Å². The van der Waals surface area contributed by atoms with Crippen molar-refractivity contribution in [2.75, 3.05) is 24.1 Å². The zero-order chi connectivity index (χ0) is 21.4. The number of carbonyl (C=O) groups excluding carboxylic acids is 1. The number of carbonyl (C=O) groups is 1. The lowest BCUT2D eigenvalue weighted by Crippen LogP contribution is -2.36. The summed E-state index contributed by atoms with van der Waals surface area (Å²) < 4.78 is 37.4. The molecule has 0 heterocycles. The molecular weight excluding hydrogens is 400 g/mol. The highest BCUT2D eigenvalue weighted by atomic mass is 32.2. The third-order valence-electron chi connectivity index (χ3n) is 3.69. The largest absolute Gasteiger partial charge is 0.490 e. The number of nitrogens with zero attached hydrogens (tertiary/aromatic N) is 2. The Morgan fingerprint density at radius 1 is 1.24 bits per heavy atom. The number of sulfonamides is 1. The average Bonchev–Trinajstić information content (AvgIpc) is 2.71. The lowest BCUT2D eigenvalue weighted by atomic mass is 10.3. The van der Waals surface area contributed by atoms with Gasteiger partial charge >= 0.3 is 5.97 Å². The Bertz CT molecular complexity index is 988. The predicted molar refractivity (Wildman–Crippen MR) is 106 cm³/mol. The summed E-state index contributed by atoms with van der Waals surface area (Å²) in [5.41, 5.74) is -0.203. The van der Waals surface area contributed by atoms with Crippen LogP contribution in [0.1, 0.15) is 6.92 Å². The second kappa shape index (κ2) is 9.69. The molecule has 0 spiro atoms. The van der Waals surface area contributed by atoms with Gasteiger partial charge in [-0.05, 0) is 37.3 Å². The molecule has 2 aromatic carbocycles. The van der Waals surface area contributed by atoms with Crippen molar-refractivity contribution in [2.24, 2.45) is 0 Å². The number of nitro groups is 1. The van der Waals surface area contributed by atoms with E-state index in [1.807, 2.05) is 0 Å². The van der Waals surface area contributed by atoms with Crippen LogP contribution in [0.15, 0.2) is 66.1 Å². The maximum atomic E-state index is 13.2. The highest BCUT2D eigenvalue weighted by Gasteiger charge is 2.29. The van der Waals surface area contributed by atoms with Gasteiger partial charge in [0.25, 0.3) is 15.7 Å². The van der Waals surface area contributed by atoms with Crippen molar-refractivity contribution < 1.29 is 27.6 Å². The van der Waals surface area contributed by atoms with E-state index in [0.29, 0.717) is 5.75 Å². The number of non-ortho nitro benzene ring substituents is 1. The topological polar surface area (TPSA) is 116 Å². The quantitative estimate of drug-likeness (QED) is 0.251. The van der Waals surface area contributed by atoms with E-state index < -0.39 is 27.5 Å². The Hall–Kier alpha value is -3.40. The number of ether oxygens (including phenoxy) is 2. The van der Waals surface area contributed by atoms with E-state index in [1.165, 1.54) is 30.3 Å². The Morgan fingerprint density at radius 2 is 1.93 bits per heavy atom. The van der Waals surface area contributed by atoms with E-state index in [2.05, 4.69) is 6.58 Å². The van der Waals surface area contributed by atoms with Crippen LogP contribution in [0.2, 0.25) is 0 Å². The van der Waals surface area contributed by atoms with E-state index in [-0.39, 0.29) is 29.5 Å². The number of hydrogen-bond donors (Lipinski definition) is 0. The molecule has 0 saturated heterocycles. The molecule has 0 aliphatic rings. The number of nitro benzene ring substituents is 1. The summed E-state index contributed by atoms with van der Waals surface area (Å²) in [5.74, 6) is -0.272. The fraction of sp³-hybridized carbons (Fsp3) is 0.211. The van der Waals surface area contributed by atoms with Crippen LogP contribution >= 0.6 is 0 Å². The van der Waals surface area contributed by atoms with Crippen molar-refractivity contribution in [1.29, 1.82) is 0 Å². The van der Waals surface area contributed by atoms with Crippen LogP contribution in [0, 0.1) is 10.1 Å². The predicted octanol–water partition coefficient (Wildman–Crippen LogP) is 2.92. The average molecular weight is 420 g/mol. The summed E-state index contributed by atoms with van der Waals surface area (Å²) in [6, 6.07) is 10.6. The monoisotopic (exact) mass is 420 g/mol. The summed E-state index contributed by atoms with van der Waals surface area (Å²) >= 11 is 0. The highest BCUT2D eigenvalue weighted by Crippen LogP contribution is 2.27. The third kappa shape index (κ3) is 5.55. The fourth-order valence-electron chi connectivity index (χ4n) is 2.39. The Labute approximate surface area is 168 Å². The van der Waals surface area contributed by atoms with Crippen LogP contribution in [0.4, 0.5) is 11.4 Å². The van der Waals surface area contributed by atoms with Crippen LogP contribution in [0.25, 0.3) is 0 Å². The lowest BCUT2D eigenvalue weighted by Gasteiger charge is -2.23. The lowest BCUT2D eigenvalue weighted by molar-refractivity contribution is -0.385. The molecule has 0 unspecified atom stereocenters. The van der Waals surface area contributed by atoms with Gasteiger partial charge in [0.15, 0.2) is 0 Å². The van der Waals surface area contributed by atoms with Crippen molar-refractivity contribution in [2.45, 2.75) is 11.8 Å². The number of benzene rings is 2. The summed E-state index contributed by atoms with van der Waals surface area (Å²) in [4.78, 5) is 22.0. The molecule has 0 aromatic heterocycles. The first-order chi connectivity index (χ1) is 13.8. The minimum Gasteiger partial charge on any atom is -0.490 e. The van der Waals surface area contributed by atoms with Gasteiger partial charge in [-0.1, -0.05) is 18.7 Å². The second-order valence-corrected chi connectivity index (χ2v) is 7.53. The van der Waals surface area contributed by atoms with Gasteiger partial charge < -0.3 is 9.47 Å². The highest BCUT2D eigenvalue weighted by molar-refractivity contribution is 7.92. The molecule has 0 fully saturated rings. The van der Waals surface area contributed by atoms with E-state index in [9.17, 15) is 23.3 Å². The van der Waals surface area contributed by atoms with Gasteiger partial charge in [0, 0.05) is 12.1 Å². The zero-order valence-corrected chi connectivity index (χ0v) is 16.5. The molecule has 0 atom stereocenters. The fourth-order valence-corrected chi connectivity index (χ4v) is 3.84. The Balaban J connectivity index is 2.46. The molecule has 0 amide bonds. The Kier molecular flexibility index (Phi) is 7.32. The Morgan fingerprint density at radius 3 is 2.52 bits per heavy atom. The summed E-state index contributed by atoms with van der Waals surface area (Å²) in [6.45, 7) is 4.91. The van der Waals surface area contributed by atoms with Crippen LogP contribution < -0.4 is 9.04 Å². The maximum absolute atomic E-state index is 13.2. The minimum atomic E-state index is -4.28. The van der Waals surface area contributed by atoms with Gasteiger partial charge in [0.05, 0.1) is 22.1 Å².